The molecule has 1 heterocycles. The van der Waals surface area contributed by atoms with Crippen molar-refractivity contribution in [2.75, 3.05) is 6.79 Å². The van der Waals surface area contributed by atoms with Gasteiger partial charge in [-0.15, -0.1) is 0 Å². The molecule has 2 aromatic rings. The van der Waals surface area contributed by atoms with Crippen LogP contribution in [0.1, 0.15) is 11.1 Å². The smallest absolute Gasteiger partial charge is 0.189 e. The molecule has 0 aromatic heterocycles. The number of ether oxygens (including phenoxy) is 3. The summed E-state index contributed by atoms with van der Waals surface area (Å²) in [5.41, 5.74) is 1.65. The molecule has 0 radical (unpaired) electrons. The van der Waals surface area contributed by atoms with Crippen molar-refractivity contribution in [1.82, 2.24) is 0 Å². The third kappa shape index (κ3) is 2.71. The Hall–Kier alpha value is -1.78. The lowest BCUT2D eigenvalue weighted by atomic mass is 10.1. The first-order valence-electron chi connectivity index (χ1n) is 6.13. The molecule has 5 heteroatoms. The monoisotopic (exact) mass is 294 g/mol. The van der Waals surface area contributed by atoms with Crippen molar-refractivity contribution in [3.05, 3.63) is 58.4 Å². The standard InChI is InChI=1S/C15H12ClFO3/c16-12-5-10-7-18-9-20-15(10)11(6-12)8-19-14-4-2-1-3-13(14)17/h1-6H,7-9H2. The fraction of sp³-hybridized carbons (Fsp3) is 0.200. The molecule has 2 aromatic carbocycles. The molecule has 20 heavy (non-hydrogen) atoms. The van der Waals surface area contributed by atoms with Gasteiger partial charge in [-0.3, -0.25) is 0 Å². The summed E-state index contributed by atoms with van der Waals surface area (Å²) in [5, 5.41) is 0.574. The van der Waals surface area contributed by atoms with Crippen LogP contribution >= 0.6 is 11.6 Å². The van der Waals surface area contributed by atoms with E-state index in [-0.39, 0.29) is 19.1 Å². The fourth-order valence-electron chi connectivity index (χ4n) is 2.08. The molecule has 0 unspecified atom stereocenters. The van der Waals surface area contributed by atoms with E-state index in [1.165, 1.54) is 6.07 Å². The van der Waals surface area contributed by atoms with Crippen molar-refractivity contribution in [1.29, 1.82) is 0 Å². The maximum atomic E-state index is 13.5. The maximum absolute atomic E-state index is 13.5. The van der Waals surface area contributed by atoms with E-state index in [0.29, 0.717) is 17.4 Å². The molecule has 0 fully saturated rings. The van der Waals surface area contributed by atoms with Crippen LogP contribution in [0.3, 0.4) is 0 Å². The fourth-order valence-corrected chi connectivity index (χ4v) is 2.34. The minimum absolute atomic E-state index is 0.184. The van der Waals surface area contributed by atoms with E-state index in [0.717, 1.165) is 11.1 Å². The van der Waals surface area contributed by atoms with E-state index in [2.05, 4.69) is 0 Å². The molecule has 1 aliphatic rings. The highest BCUT2D eigenvalue weighted by Gasteiger charge is 2.17. The average Bonchev–Trinajstić information content (AvgIpc) is 2.46. The van der Waals surface area contributed by atoms with Crippen molar-refractivity contribution >= 4 is 11.6 Å². The first kappa shape index (κ1) is 13.2. The van der Waals surface area contributed by atoms with Gasteiger partial charge >= 0.3 is 0 Å². The molecule has 0 spiro atoms. The van der Waals surface area contributed by atoms with Crippen LogP contribution in [0.2, 0.25) is 5.02 Å². The molecule has 0 saturated heterocycles. The van der Waals surface area contributed by atoms with E-state index >= 15 is 0 Å². The zero-order valence-electron chi connectivity index (χ0n) is 10.6. The van der Waals surface area contributed by atoms with Gasteiger partial charge < -0.3 is 14.2 Å². The average molecular weight is 295 g/mol. The van der Waals surface area contributed by atoms with Crippen molar-refractivity contribution in [3.63, 3.8) is 0 Å². The van der Waals surface area contributed by atoms with E-state index in [9.17, 15) is 4.39 Å². The number of para-hydroxylation sites is 1. The zero-order valence-corrected chi connectivity index (χ0v) is 11.3. The summed E-state index contributed by atoms with van der Waals surface area (Å²) in [4.78, 5) is 0. The predicted octanol–water partition coefficient (Wildman–Crippen LogP) is 3.92. The first-order chi connectivity index (χ1) is 9.74. The second-order valence-corrected chi connectivity index (χ2v) is 4.82. The number of halogens is 2. The van der Waals surface area contributed by atoms with Crippen LogP contribution in [0.15, 0.2) is 36.4 Å². The van der Waals surface area contributed by atoms with Gasteiger partial charge in [0, 0.05) is 16.1 Å². The van der Waals surface area contributed by atoms with E-state index in [1.54, 1.807) is 30.3 Å². The third-order valence-electron chi connectivity index (χ3n) is 2.97. The summed E-state index contributed by atoms with van der Waals surface area (Å²) >= 11 is 6.05. The molecular weight excluding hydrogens is 283 g/mol. The van der Waals surface area contributed by atoms with E-state index in [1.807, 2.05) is 0 Å². The molecular formula is C15H12ClFO3. The third-order valence-corrected chi connectivity index (χ3v) is 3.19. The number of hydrogen-bond acceptors (Lipinski definition) is 3. The van der Waals surface area contributed by atoms with Crippen molar-refractivity contribution in [2.24, 2.45) is 0 Å². The molecule has 3 nitrogen and oxygen atoms in total. The van der Waals surface area contributed by atoms with Crippen molar-refractivity contribution in [3.8, 4) is 11.5 Å². The van der Waals surface area contributed by atoms with Gasteiger partial charge in [0.15, 0.2) is 18.4 Å². The first-order valence-corrected chi connectivity index (χ1v) is 6.51. The van der Waals surface area contributed by atoms with Crippen LogP contribution < -0.4 is 9.47 Å². The topological polar surface area (TPSA) is 27.7 Å². The van der Waals surface area contributed by atoms with Crippen LogP contribution in [0.4, 0.5) is 4.39 Å². The van der Waals surface area contributed by atoms with Crippen LogP contribution in [-0.2, 0) is 18.0 Å². The van der Waals surface area contributed by atoms with Gasteiger partial charge in [-0.1, -0.05) is 23.7 Å². The summed E-state index contributed by atoms with van der Waals surface area (Å²) < 4.78 is 29.7. The Balaban J connectivity index is 1.84. The Kier molecular flexibility index (Phi) is 3.76. The lowest BCUT2D eigenvalue weighted by Gasteiger charge is -2.21. The van der Waals surface area contributed by atoms with Gasteiger partial charge in [-0.25, -0.2) is 4.39 Å². The second kappa shape index (κ2) is 5.69. The van der Waals surface area contributed by atoms with Crippen molar-refractivity contribution in [2.45, 2.75) is 13.2 Å². The molecule has 0 amide bonds. The normalized spacial score (nSPS) is 13.5. The lowest BCUT2D eigenvalue weighted by Crippen LogP contribution is -2.14. The van der Waals surface area contributed by atoms with E-state index < -0.39 is 5.82 Å². The second-order valence-electron chi connectivity index (χ2n) is 4.38. The highest BCUT2D eigenvalue weighted by molar-refractivity contribution is 6.30. The van der Waals surface area contributed by atoms with Crippen LogP contribution in [0.5, 0.6) is 11.5 Å². The lowest BCUT2D eigenvalue weighted by molar-refractivity contribution is -0.0175. The molecule has 1 aliphatic heterocycles. The quantitative estimate of drug-likeness (QED) is 0.858. The van der Waals surface area contributed by atoms with Crippen LogP contribution in [0, 0.1) is 5.82 Å². The molecule has 0 bridgehead atoms. The van der Waals surface area contributed by atoms with Gasteiger partial charge in [0.1, 0.15) is 12.4 Å². The number of hydrogen-bond donors (Lipinski definition) is 0. The van der Waals surface area contributed by atoms with Crippen LogP contribution in [-0.4, -0.2) is 6.79 Å². The minimum Gasteiger partial charge on any atom is -0.486 e. The summed E-state index contributed by atoms with van der Waals surface area (Å²) in [5.74, 6) is 0.512. The molecule has 3 rings (SSSR count). The SMILES string of the molecule is Fc1ccccc1OCc1cc(Cl)cc2c1OCOC2. The molecule has 0 saturated carbocycles. The van der Waals surface area contributed by atoms with Gasteiger partial charge in [0.2, 0.25) is 0 Å². The Labute approximate surface area is 120 Å². The summed E-state index contributed by atoms with van der Waals surface area (Å²) in [6.45, 7) is 0.827. The highest BCUT2D eigenvalue weighted by Crippen LogP contribution is 2.32. The maximum Gasteiger partial charge on any atom is 0.189 e. The largest absolute Gasteiger partial charge is 0.486 e. The predicted molar refractivity (Wildman–Crippen MR) is 72.5 cm³/mol. The number of rotatable bonds is 3. The summed E-state index contributed by atoms with van der Waals surface area (Å²) in [6, 6.07) is 9.82. The molecule has 0 atom stereocenters. The highest BCUT2D eigenvalue weighted by atomic mass is 35.5. The van der Waals surface area contributed by atoms with Gasteiger partial charge in [0.25, 0.3) is 0 Å². The Morgan fingerprint density at radius 3 is 2.95 bits per heavy atom. The summed E-state index contributed by atoms with van der Waals surface area (Å²) in [6.07, 6.45) is 0. The van der Waals surface area contributed by atoms with Crippen LogP contribution in [0.25, 0.3) is 0 Å². The van der Waals surface area contributed by atoms with Crippen molar-refractivity contribution < 1.29 is 18.6 Å². The minimum atomic E-state index is -0.396. The number of benzene rings is 2. The Morgan fingerprint density at radius 2 is 2.10 bits per heavy atom. The Bertz CT molecular complexity index is 631. The molecule has 104 valence electrons. The zero-order chi connectivity index (χ0) is 13.9. The van der Waals surface area contributed by atoms with Gasteiger partial charge in [-0.2, -0.15) is 0 Å². The van der Waals surface area contributed by atoms with Gasteiger partial charge in [0.05, 0.1) is 6.61 Å². The van der Waals surface area contributed by atoms with E-state index in [4.69, 9.17) is 25.8 Å². The summed E-state index contributed by atoms with van der Waals surface area (Å²) in [7, 11) is 0. The number of fused-ring (bicyclic) bond motifs is 1. The molecule has 0 aliphatic carbocycles. The Morgan fingerprint density at radius 1 is 1.25 bits per heavy atom. The molecule has 0 N–H and O–H groups in total. The van der Waals surface area contributed by atoms with Gasteiger partial charge in [-0.05, 0) is 24.3 Å².